The van der Waals surface area contributed by atoms with E-state index in [1.165, 1.54) is 7.05 Å². The Hall–Kier alpha value is -5.41. The molecular formula is C38H35NO11S2. The van der Waals surface area contributed by atoms with E-state index in [-0.39, 0.29) is 106 Å². The number of hydrogen-bond donors (Lipinski definition) is 7. The SMILES string of the molecule is CNC(=O)Cc1ccc(-c2cc3c(O)c(c2)Cc2cc(S(=O)(=O)O)cc(c2O)Cc2cc(C)cc(c2O)Cc2cc(S(=O)(=O)O)cc(c2O)C3)cc1. The Bertz CT molecular complexity index is 2360. The first-order valence-electron chi connectivity index (χ1n) is 16.0. The number of benzene rings is 5. The van der Waals surface area contributed by atoms with Gasteiger partial charge in [0, 0.05) is 55.0 Å². The minimum Gasteiger partial charge on any atom is -0.507 e. The van der Waals surface area contributed by atoms with Crippen LogP contribution in [-0.4, -0.2) is 59.3 Å². The normalized spacial score (nSPS) is 13.1. The molecule has 0 aliphatic heterocycles. The Morgan fingerprint density at radius 1 is 0.558 bits per heavy atom. The quantitative estimate of drug-likeness (QED) is 0.117. The van der Waals surface area contributed by atoms with Gasteiger partial charge in [0.1, 0.15) is 23.0 Å². The van der Waals surface area contributed by atoms with Crippen molar-refractivity contribution in [3.05, 3.63) is 128 Å². The van der Waals surface area contributed by atoms with E-state index >= 15 is 0 Å². The molecule has 7 N–H and O–H groups in total. The molecule has 5 aromatic rings. The third-order valence-electron chi connectivity index (χ3n) is 9.21. The van der Waals surface area contributed by atoms with Crippen LogP contribution < -0.4 is 5.32 Å². The van der Waals surface area contributed by atoms with Crippen LogP contribution in [0.3, 0.4) is 0 Å². The number of phenols is 4. The third kappa shape index (κ3) is 7.46. The lowest BCUT2D eigenvalue weighted by Gasteiger charge is -2.19. The highest BCUT2D eigenvalue weighted by molar-refractivity contribution is 7.86. The first-order valence-corrected chi connectivity index (χ1v) is 18.9. The van der Waals surface area contributed by atoms with Crippen molar-refractivity contribution in [3.8, 4) is 34.1 Å². The van der Waals surface area contributed by atoms with Gasteiger partial charge in [0.15, 0.2) is 0 Å². The molecule has 0 saturated heterocycles. The summed E-state index contributed by atoms with van der Waals surface area (Å²) in [7, 11) is -8.03. The summed E-state index contributed by atoms with van der Waals surface area (Å²) in [6.07, 6.45) is -0.773. The first-order chi connectivity index (χ1) is 24.4. The van der Waals surface area contributed by atoms with Crippen molar-refractivity contribution >= 4 is 26.1 Å². The minimum atomic E-state index is -4.78. The van der Waals surface area contributed by atoms with E-state index in [0.717, 1.165) is 29.8 Å². The van der Waals surface area contributed by atoms with Crippen LogP contribution >= 0.6 is 0 Å². The van der Waals surface area contributed by atoms with Gasteiger partial charge in [-0.3, -0.25) is 13.9 Å². The van der Waals surface area contributed by atoms with Gasteiger partial charge in [-0.2, -0.15) is 16.8 Å². The second kappa shape index (κ2) is 13.6. The number of rotatable bonds is 5. The molecule has 14 heteroatoms. The molecule has 0 saturated carbocycles. The molecule has 0 radical (unpaired) electrons. The fraction of sp³-hybridized carbons (Fsp3) is 0.184. The van der Waals surface area contributed by atoms with E-state index in [2.05, 4.69) is 5.32 Å². The smallest absolute Gasteiger partial charge is 0.294 e. The summed E-state index contributed by atoms with van der Waals surface area (Å²) in [5.74, 6) is -1.40. The number of carbonyl (C=O) groups is 1. The van der Waals surface area contributed by atoms with Crippen molar-refractivity contribution in [2.75, 3.05) is 7.05 Å². The molecule has 0 fully saturated rings. The second-order valence-corrected chi connectivity index (χ2v) is 15.8. The summed E-state index contributed by atoms with van der Waals surface area (Å²) >= 11 is 0. The average molecular weight is 746 g/mol. The number of carbonyl (C=O) groups excluding carboxylic acids is 1. The van der Waals surface area contributed by atoms with Crippen LogP contribution in [-0.2, 0) is 57.1 Å². The van der Waals surface area contributed by atoms with Gasteiger partial charge in [-0.25, -0.2) is 0 Å². The van der Waals surface area contributed by atoms with Crippen LogP contribution in [0.15, 0.2) is 82.6 Å². The van der Waals surface area contributed by atoms with Crippen molar-refractivity contribution in [2.24, 2.45) is 0 Å². The Kier molecular flexibility index (Phi) is 9.53. The maximum Gasteiger partial charge on any atom is 0.294 e. The van der Waals surface area contributed by atoms with Gasteiger partial charge < -0.3 is 25.7 Å². The monoisotopic (exact) mass is 745 g/mol. The molecule has 0 unspecified atom stereocenters. The third-order valence-corrected chi connectivity index (χ3v) is 10.9. The molecule has 5 aromatic carbocycles. The molecule has 52 heavy (non-hydrogen) atoms. The molecule has 0 heterocycles. The minimum absolute atomic E-state index is 0.0300. The number of aromatic hydroxyl groups is 4. The number of aryl methyl sites for hydroxylation is 1. The number of hydrogen-bond acceptors (Lipinski definition) is 9. The van der Waals surface area contributed by atoms with Gasteiger partial charge in [-0.15, -0.1) is 0 Å². The highest BCUT2D eigenvalue weighted by Gasteiger charge is 2.25. The van der Waals surface area contributed by atoms with Crippen LogP contribution in [0.2, 0.25) is 0 Å². The van der Waals surface area contributed by atoms with Crippen LogP contribution in [0.25, 0.3) is 11.1 Å². The molecule has 8 bridgehead atoms. The number of nitrogens with one attached hydrogen (secondary N) is 1. The molecule has 0 spiro atoms. The molecule has 0 aromatic heterocycles. The van der Waals surface area contributed by atoms with Gasteiger partial charge in [0.25, 0.3) is 20.2 Å². The Morgan fingerprint density at radius 2 is 0.885 bits per heavy atom. The zero-order valence-electron chi connectivity index (χ0n) is 28.0. The lowest BCUT2D eigenvalue weighted by molar-refractivity contribution is -0.119. The zero-order chi connectivity index (χ0) is 37.7. The van der Waals surface area contributed by atoms with Crippen molar-refractivity contribution in [3.63, 3.8) is 0 Å². The summed E-state index contributed by atoms with van der Waals surface area (Å²) in [6.45, 7) is 1.73. The lowest BCUT2D eigenvalue weighted by Crippen LogP contribution is -2.19. The highest BCUT2D eigenvalue weighted by Crippen LogP contribution is 2.41. The molecule has 6 rings (SSSR count). The van der Waals surface area contributed by atoms with Gasteiger partial charge >= 0.3 is 0 Å². The van der Waals surface area contributed by atoms with Crippen LogP contribution in [0, 0.1) is 6.92 Å². The number of fused-ring (bicyclic) bond motifs is 8. The maximum atomic E-state index is 12.4. The van der Waals surface area contributed by atoms with E-state index in [0.29, 0.717) is 16.7 Å². The van der Waals surface area contributed by atoms with E-state index < -0.39 is 30.0 Å². The Labute approximate surface area is 300 Å². The Balaban J connectivity index is 1.63. The highest BCUT2D eigenvalue weighted by atomic mass is 32.2. The second-order valence-electron chi connectivity index (χ2n) is 13.0. The van der Waals surface area contributed by atoms with Crippen LogP contribution in [0.1, 0.15) is 55.6 Å². The lowest BCUT2D eigenvalue weighted by atomic mass is 9.89. The Morgan fingerprint density at radius 3 is 1.21 bits per heavy atom. The molecule has 1 aliphatic carbocycles. The van der Waals surface area contributed by atoms with Crippen molar-refractivity contribution in [2.45, 2.75) is 48.8 Å². The molecule has 1 aliphatic rings. The fourth-order valence-corrected chi connectivity index (χ4v) is 7.77. The molecule has 12 nitrogen and oxygen atoms in total. The fourth-order valence-electron chi connectivity index (χ4n) is 6.60. The van der Waals surface area contributed by atoms with E-state index in [9.17, 15) is 51.2 Å². The van der Waals surface area contributed by atoms with E-state index in [1.54, 1.807) is 55.5 Å². The molecule has 0 atom stereocenters. The maximum absolute atomic E-state index is 12.4. The van der Waals surface area contributed by atoms with Crippen molar-refractivity contribution in [1.82, 2.24) is 5.32 Å². The standard InChI is InChI=1S/C38H35NO11S2/c1-20-7-24-12-28-16-32(51(45,46)47)18-30(37(28)43)14-26-10-23(22-5-3-21(4-6-22)9-34(40)39-2)11-27(36(26)42)15-31-19-33(52(48,49)50)17-29(38(31)44)13-25(8-20)35(24)41/h3-8,10-11,16-19,41-44H,9,12-15H2,1-2H3,(H,39,40)(H,45,46,47)(H,48,49,50). The predicted octanol–water partition coefficient (Wildman–Crippen LogP) is 4.94. The summed E-state index contributed by atoms with van der Waals surface area (Å²) in [5.41, 5.74) is 3.64. The van der Waals surface area contributed by atoms with E-state index in [1.807, 2.05) is 0 Å². The number of phenolic OH excluding ortho intramolecular Hbond substituents is 4. The predicted molar refractivity (Wildman–Crippen MR) is 191 cm³/mol. The molecule has 270 valence electrons. The number of amides is 1. The van der Waals surface area contributed by atoms with Gasteiger partial charge in [-0.05, 0) is 82.3 Å². The summed E-state index contributed by atoms with van der Waals surface area (Å²) in [4.78, 5) is 10.9. The molecule has 1 amide bonds. The van der Waals surface area contributed by atoms with Crippen molar-refractivity contribution in [1.29, 1.82) is 0 Å². The van der Waals surface area contributed by atoms with Crippen LogP contribution in [0.5, 0.6) is 23.0 Å². The van der Waals surface area contributed by atoms with E-state index in [4.69, 9.17) is 0 Å². The van der Waals surface area contributed by atoms with Crippen LogP contribution in [0.4, 0.5) is 0 Å². The first kappa shape index (κ1) is 36.4. The largest absolute Gasteiger partial charge is 0.507 e. The molecular weight excluding hydrogens is 711 g/mol. The van der Waals surface area contributed by atoms with Gasteiger partial charge in [0.05, 0.1) is 16.2 Å². The van der Waals surface area contributed by atoms with Crippen molar-refractivity contribution < 1.29 is 51.2 Å². The summed E-state index contributed by atoms with van der Waals surface area (Å²) in [6, 6.07) is 17.8. The summed E-state index contributed by atoms with van der Waals surface area (Å²) in [5, 5.41) is 48.7. The zero-order valence-corrected chi connectivity index (χ0v) is 29.6. The number of likely N-dealkylation sites (N-methyl/N-ethyl adjacent to an activating group) is 1. The average Bonchev–Trinajstić information content (AvgIpc) is 3.07. The summed E-state index contributed by atoms with van der Waals surface area (Å²) < 4.78 is 69.9. The van der Waals surface area contributed by atoms with Gasteiger partial charge in [0.2, 0.25) is 5.91 Å². The van der Waals surface area contributed by atoms with Gasteiger partial charge in [-0.1, -0.05) is 42.0 Å². The topological polar surface area (TPSA) is 219 Å².